The van der Waals surface area contributed by atoms with Crippen molar-refractivity contribution in [2.75, 3.05) is 26.2 Å². The van der Waals surface area contributed by atoms with Crippen molar-refractivity contribution in [3.8, 4) is 0 Å². The third-order valence-electron chi connectivity index (χ3n) is 5.67. The minimum absolute atomic E-state index is 0.0608. The Bertz CT molecular complexity index is 527. The summed E-state index contributed by atoms with van der Waals surface area (Å²) in [5.74, 6) is 0.451. The second-order valence-corrected chi connectivity index (χ2v) is 8.41. The van der Waals surface area contributed by atoms with Gasteiger partial charge in [0.05, 0.1) is 6.04 Å². The fraction of sp³-hybridized carbons (Fsp3) is 0.850. The molecule has 0 radical (unpaired) electrons. The van der Waals surface area contributed by atoms with Gasteiger partial charge in [0.2, 0.25) is 17.7 Å². The Kier molecular flexibility index (Phi) is 8.07. The molecule has 2 saturated heterocycles. The van der Waals surface area contributed by atoms with Crippen LogP contribution in [0.4, 0.5) is 0 Å². The molecule has 2 rings (SSSR count). The van der Waals surface area contributed by atoms with E-state index >= 15 is 0 Å². The smallest absolute Gasteiger partial charge is 0.245 e. The zero-order chi connectivity index (χ0) is 20.0. The largest absolute Gasteiger partial charge is 0.370 e. The lowest BCUT2D eigenvalue weighted by Gasteiger charge is -2.41. The maximum Gasteiger partial charge on any atom is 0.245 e. The number of piperazine rings is 1. The first-order valence-electron chi connectivity index (χ1n) is 10.4. The molecule has 0 aromatic heterocycles. The van der Waals surface area contributed by atoms with Crippen LogP contribution in [0.1, 0.15) is 59.3 Å². The van der Waals surface area contributed by atoms with Crippen LogP contribution in [0.5, 0.6) is 0 Å². The SMILES string of the molecule is CCC[C@@H]1NCCN(C(CC(C)C)C(=O)N2CCC(CC(N)=O)CC2)C1=O. The van der Waals surface area contributed by atoms with Crippen LogP contribution >= 0.6 is 0 Å². The molecule has 0 aromatic carbocycles. The lowest BCUT2D eigenvalue weighted by molar-refractivity contribution is -0.150. The Balaban J connectivity index is 2.06. The summed E-state index contributed by atoms with van der Waals surface area (Å²) in [5.41, 5.74) is 5.30. The van der Waals surface area contributed by atoms with E-state index in [0.29, 0.717) is 38.4 Å². The number of carbonyl (C=O) groups excluding carboxylic acids is 3. The minimum atomic E-state index is -0.383. The van der Waals surface area contributed by atoms with Crippen molar-refractivity contribution < 1.29 is 14.4 Å². The second-order valence-electron chi connectivity index (χ2n) is 8.41. The zero-order valence-electron chi connectivity index (χ0n) is 17.1. The Morgan fingerprint density at radius 3 is 2.44 bits per heavy atom. The number of likely N-dealkylation sites (tertiary alicyclic amines) is 1. The summed E-state index contributed by atoms with van der Waals surface area (Å²) < 4.78 is 0. The molecule has 7 nitrogen and oxygen atoms in total. The number of nitrogens with one attached hydrogen (secondary N) is 1. The molecular weight excluding hydrogens is 344 g/mol. The van der Waals surface area contributed by atoms with Gasteiger partial charge in [-0.2, -0.15) is 0 Å². The van der Waals surface area contributed by atoms with E-state index in [1.54, 1.807) is 0 Å². The summed E-state index contributed by atoms with van der Waals surface area (Å²) >= 11 is 0. The van der Waals surface area contributed by atoms with Crippen molar-refractivity contribution in [2.24, 2.45) is 17.6 Å². The summed E-state index contributed by atoms with van der Waals surface area (Å²) in [7, 11) is 0. The molecule has 0 aromatic rings. The number of nitrogens with two attached hydrogens (primary N) is 1. The Morgan fingerprint density at radius 1 is 1.22 bits per heavy atom. The highest BCUT2D eigenvalue weighted by molar-refractivity contribution is 5.90. The van der Waals surface area contributed by atoms with Gasteiger partial charge in [0.15, 0.2) is 0 Å². The molecule has 7 heteroatoms. The van der Waals surface area contributed by atoms with Crippen molar-refractivity contribution in [1.82, 2.24) is 15.1 Å². The van der Waals surface area contributed by atoms with Crippen molar-refractivity contribution in [1.29, 1.82) is 0 Å². The molecule has 0 saturated carbocycles. The number of primary amides is 1. The molecule has 1 unspecified atom stereocenters. The first-order valence-corrected chi connectivity index (χ1v) is 10.4. The maximum absolute atomic E-state index is 13.3. The predicted octanol–water partition coefficient (Wildman–Crippen LogP) is 1.12. The molecular formula is C20H36N4O3. The number of piperidine rings is 1. The number of amides is 3. The molecule has 2 fully saturated rings. The van der Waals surface area contributed by atoms with Gasteiger partial charge in [-0.3, -0.25) is 14.4 Å². The average Bonchev–Trinajstić information content (AvgIpc) is 2.61. The molecule has 154 valence electrons. The monoisotopic (exact) mass is 380 g/mol. The molecule has 0 bridgehead atoms. The van der Waals surface area contributed by atoms with Crippen molar-refractivity contribution >= 4 is 17.7 Å². The van der Waals surface area contributed by atoms with Gasteiger partial charge in [0.1, 0.15) is 6.04 Å². The van der Waals surface area contributed by atoms with Crippen LogP contribution in [-0.2, 0) is 14.4 Å². The molecule has 3 N–H and O–H groups in total. The van der Waals surface area contributed by atoms with Gasteiger partial charge in [-0.15, -0.1) is 0 Å². The standard InChI is InChI=1S/C20H36N4O3/c1-4-5-16-19(26)24(11-8-22-16)17(12-14(2)3)20(27)23-9-6-15(7-10-23)13-18(21)25/h14-17,22H,4-13H2,1-3H3,(H2,21,25)/t16-,17?/m0/s1. The summed E-state index contributed by atoms with van der Waals surface area (Å²) in [6.07, 6.45) is 4.43. The van der Waals surface area contributed by atoms with Crippen LogP contribution in [0.3, 0.4) is 0 Å². The fourth-order valence-corrected chi connectivity index (χ4v) is 4.24. The summed E-state index contributed by atoms with van der Waals surface area (Å²) in [6, 6.07) is -0.556. The van der Waals surface area contributed by atoms with E-state index in [1.807, 2.05) is 9.80 Å². The third-order valence-corrected chi connectivity index (χ3v) is 5.67. The average molecular weight is 381 g/mol. The highest BCUT2D eigenvalue weighted by Crippen LogP contribution is 2.24. The lowest BCUT2D eigenvalue weighted by atomic mass is 9.92. The van der Waals surface area contributed by atoms with Gasteiger partial charge < -0.3 is 20.9 Å². The normalized spacial score (nSPS) is 23.0. The summed E-state index contributed by atoms with van der Waals surface area (Å²) in [4.78, 5) is 41.1. The molecule has 2 aliphatic rings. The van der Waals surface area contributed by atoms with Crippen molar-refractivity contribution in [2.45, 2.75) is 71.4 Å². The Hall–Kier alpha value is -1.63. The van der Waals surface area contributed by atoms with Crippen molar-refractivity contribution in [3.05, 3.63) is 0 Å². The first kappa shape index (κ1) is 21.7. The highest BCUT2D eigenvalue weighted by Gasteiger charge is 2.38. The lowest BCUT2D eigenvalue weighted by Crippen LogP contribution is -2.62. The molecule has 3 amide bonds. The van der Waals surface area contributed by atoms with E-state index < -0.39 is 0 Å². The number of rotatable bonds is 8. The van der Waals surface area contributed by atoms with E-state index in [4.69, 9.17) is 5.73 Å². The van der Waals surface area contributed by atoms with Crippen LogP contribution < -0.4 is 11.1 Å². The molecule has 2 atom stereocenters. The first-order chi connectivity index (χ1) is 12.8. The molecule has 2 heterocycles. The number of hydrogen-bond donors (Lipinski definition) is 2. The van der Waals surface area contributed by atoms with Crippen LogP contribution in [0.2, 0.25) is 0 Å². The van der Waals surface area contributed by atoms with Gasteiger partial charge in [-0.05, 0) is 37.5 Å². The van der Waals surface area contributed by atoms with E-state index in [2.05, 4.69) is 26.1 Å². The topological polar surface area (TPSA) is 95.7 Å². The third kappa shape index (κ3) is 5.92. The van der Waals surface area contributed by atoms with Gasteiger partial charge in [0, 0.05) is 32.6 Å². The highest BCUT2D eigenvalue weighted by atomic mass is 16.2. The number of hydrogen-bond acceptors (Lipinski definition) is 4. The zero-order valence-corrected chi connectivity index (χ0v) is 17.1. The minimum Gasteiger partial charge on any atom is -0.370 e. The van der Waals surface area contributed by atoms with E-state index in [1.165, 1.54) is 0 Å². The van der Waals surface area contributed by atoms with Gasteiger partial charge in [-0.1, -0.05) is 27.2 Å². The van der Waals surface area contributed by atoms with Crippen LogP contribution in [0.25, 0.3) is 0 Å². The van der Waals surface area contributed by atoms with Crippen LogP contribution in [0.15, 0.2) is 0 Å². The summed E-state index contributed by atoms with van der Waals surface area (Å²) in [6.45, 7) is 8.86. The molecule has 0 aliphatic carbocycles. The van der Waals surface area contributed by atoms with Crippen molar-refractivity contribution in [3.63, 3.8) is 0 Å². The van der Waals surface area contributed by atoms with Gasteiger partial charge in [-0.25, -0.2) is 0 Å². The second kappa shape index (κ2) is 10.1. The number of nitrogens with zero attached hydrogens (tertiary/aromatic N) is 2. The van der Waals surface area contributed by atoms with Gasteiger partial charge >= 0.3 is 0 Å². The fourth-order valence-electron chi connectivity index (χ4n) is 4.24. The van der Waals surface area contributed by atoms with E-state index in [0.717, 1.165) is 32.2 Å². The molecule has 0 spiro atoms. The Morgan fingerprint density at radius 2 is 1.89 bits per heavy atom. The number of carbonyl (C=O) groups is 3. The molecule has 27 heavy (non-hydrogen) atoms. The summed E-state index contributed by atoms with van der Waals surface area (Å²) in [5, 5.41) is 3.29. The van der Waals surface area contributed by atoms with Crippen LogP contribution in [-0.4, -0.2) is 65.8 Å². The predicted molar refractivity (Wildman–Crippen MR) is 105 cm³/mol. The van der Waals surface area contributed by atoms with E-state index in [-0.39, 0.29) is 35.7 Å². The van der Waals surface area contributed by atoms with Crippen LogP contribution in [0, 0.1) is 11.8 Å². The molecule has 2 aliphatic heterocycles. The van der Waals surface area contributed by atoms with Gasteiger partial charge in [0.25, 0.3) is 0 Å². The maximum atomic E-state index is 13.3. The quantitative estimate of drug-likeness (QED) is 0.659. The Labute approximate surface area is 163 Å². The van der Waals surface area contributed by atoms with E-state index in [9.17, 15) is 14.4 Å².